The van der Waals surface area contributed by atoms with Gasteiger partial charge in [-0.15, -0.1) is 8.78 Å². The Bertz CT molecular complexity index is 226. The summed E-state index contributed by atoms with van der Waals surface area (Å²) in [6.07, 6.45) is -6.01. The van der Waals surface area contributed by atoms with Gasteiger partial charge in [0.25, 0.3) is 0 Å². The fraction of sp³-hybridized carbons (Fsp3) is 1.00. The van der Waals surface area contributed by atoms with Crippen molar-refractivity contribution in [1.82, 2.24) is 0 Å². The number of nitrogens with zero attached hydrogens (tertiary/aromatic N) is 1. The highest BCUT2D eigenvalue weighted by atomic mass is 35.5. The molecule has 0 aromatic heterocycles. The molecule has 1 atom stereocenters. The number of rotatable bonds is 2. The summed E-state index contributed by atoms with van der Waals surface area (Å²) >= 11 is 3.94. The van der Waals surface area contributed by atoms with E-state index in [0.29, 0.717) is 0 Å². The molecule has 0 aromatic carbocycles. The molecule has 13 heavy (non-hydrogen) atoms. The first-order chi connectivity index (χ1) is 5.44. The number of halogens is 6. The lowest BCUT2D eigenvalue weighted by molar-refractivity contribution is -0.671. The van der Waals surface area contributed by atoms with Gasteiger partial charge in [-0.25, -0.2) is 0 Å². The van der Waals surface area contributed by atoms with E-state index in [0.717, 1.165) is 0 Å². The summed E-state index contributed by atoms with van der Waals surface area (Å²) in [6, 6.07) is -5.70. The Morgan fingerprint density at radius 2 is 1.54 bits per heavy atom. The molecule has 1 N–H and O–H groups in total. The van der Waals surface area contributed by atoms with Crippen LogP contribution in [0.15, 0.2) is 0 Å². The van der Waals surface area contributed by atoms with E-state index in [4.69, 9.17) is 5.11 Å². The minimum absolute atomic E-state index is 2.62. The molecule has 0 aliphatic carbocycles. The average molecular weight is 229 g/mol. The highest BCUT2D eigenvalue weighted by Crippen LogP contribution is 2.45. The van der Waals surface area contributed by atoms with Gasteiger partial charge in [-0.2, -0.15) is 13.2 Å². The molecular formula is C3HClF5NO3. The fourth-order valence-electron chi connectivity index (χ4n) is 0.292. The van der Waals surface area contributed by atoms with Crippen molar-refractivity contribution in [3.8, 4) is 0 Å². The van der Waals surface area contributed by atoms with Crippen LogP contribution in [0.4, 0.5) is 22.0 Å². The van der Waals surface area contributed by atoms with Gasteiger partial charge in [-0.1, -0.05) is 11.6 Å². The fourth-order valence-corrected chi connectivity index (χ4v) is 0.361. The lowest BCUT2D eigenvalue weighted by atomic mass is 10.3. The van der Waals surface area contributed by atoms with E-state index in [9.17, 15) is 32.1 Å². The number of nitro groups is 1. The molecule has 0 saturated heterocycles. The monoisotopic (exact) mass is 229 g/mol. The predicted octanol–water partition coefficient (Wildman–Crippen LogP) is 1.35. The first kappa shape index (κ1) is 12.3. The number of alkyl halides is 6. The van der Waals surface area contributed by atoms with Crippen molar-refractivity contribution >= 4 is 11.6 Å². The van der Waals surface area contributed by atoms with Gasteiger partial charge in [-0.05, 0) is 0 Å². The zero-order valence-electron chi connectivity index (χ0n) is 5.48. The van der Waals surface area contributed by atoms with Crippen LogP contribution in [0.25, 0.3) is 0 Å². The lowest BCUT2D eigenvalue weighted by Crippen LogP contribution is -2.58. The Morgan fingerprint density at radius 3 is 1.62 bits per heavy atom. The molecule has 0 rings (SSSR count). The Hall–Kier alpha value is -0.700. The lowest BCUT2D eigenvalue weighted by Gasteiger charge is -2.24. The molecule has 0 fully saturated rings. The van der Waals surface area contributed by atoms with Crippen molar-refractivity contribution in [2.24, 2.45) is 0 Å². The van der Waals surface area contributed by atoms with E-state index in [2.05, 4.69) is 11.6 Å². The SMILES string of the molecule is O=[N+]([O-])C(F)(F)C(O)(Cl)C(F)(F)F. The molecule has 0 aliphatic heterocycles. The second-order valence-corrected chi connectivity index (χ2v) is 2.47. The van der Waals surface area contributed by atoms with Gasteiger partial charge in [0.2, 0.25) is 0 Å². The quantitative estimate of drug-likeness (QED) is 0.256. The summed E-state index contributed by atoms with van der Waals surface area (Å²) in [5.74, 6) is 0. The van der Waals surface area contributed by atoms with E-state index < -0.39 is 22.2 Å². The third kappa shape index (κ3) is 1.80. The third-order valence-electron chi connectivity index (χ3n) is 1.00. The molecule has 0 radical (unpaired) electrons. The molecule has 1 unspecified atom stereocenters. The smallest absolute Gasteiger partial charge is 0.357 e. The van der Waals surface area contributed by atoms with E-state index >= 15 is 0 Å². The van der Waals surface area contributed by atoms with Gasteiger partial charge in [0.1, 0.15) is 4.92 Å². The zero-order chi connectivity index (χ0) is 11.1. The molecule has 78 valence electrons. The van der Waals surface area contributed by atoms with Crippen molar-refractivity contribution in [2.75, 3.05) is 0 Å². The Labute approximate surface area is 72.0 Å². The average Bonchev–Trinajstić information content (AvgIpc) is 1.84. The minimum Gasteiger partial charge on any atom is -0.357 e. The maximum atomic E-state index is 12.0. The highest BCUT2D eigenvalue weighted by Gasteiger charge is 2.77. The Morgan fingerprint density at radius 1 is 1.23 bits per heavy atom. The summed E-state index contributed by atoms with van der Waals surface area (Å²) in [6.45, 7) is 0. The Kier molecular flexibility index (Phi) is 2.75. The van der Waals surface area contributed by atoms with Crippen LogP contribution in [0.5, 0.6) is 0 Å². The van der Waals surface area contributed by atoms with E-state index in [-0.39, 0.29) is 0 Å². The van der Waals surface area contributed by atoms with E-state index in [1.165, 1.54) is 0 Å². The van der Waals surface area contributed by atoms with Gasteiger partial charge in [0.15, 0.2) is 0 Å². The van der Waals surface area contributed by atoms with E-state index in [1.54, 1.807) is 0 Å². The van der Waals surface area contributed by atoms with Crippen LogP contribution < -0.4 is 0 Å². The van der Waals surface area contributed by atoms with Crippen LogP contribution in [-0.2, 0) is 0 Å². The highest BCUT2D eigenvalue weighted by molar-refractivity contribution is 6.23. The standard InChI is InChI=1S/C3HClF5NO3/c4-1(11,2(5,6)7)3(8,9)10(12)13/h11H. The summed E-state index contributed by atoms with van der Waals surface area (Å²) in [5, 5.41) is 12.2. The summed E-state index contributed by atoms with van der Waals surface area (Å²) in [4.78, 5) is 6.81. The van der Waals surface area contributed by atoms with Gasteiger partial charge >= 0.3 is 17.3 Å². The molecule has 0 aliphatic rings. The summed E-state index contributed by atoms with van der Waals surface area (Å²) in [5.41, 5.74) is 0. The van der Waals surface area contributed by atoms with Crippen molar-refractivity contribution in [3.05, 3.63) is 10.1 Å². The van der Waals surface area contributed by atoms with Gasteiger partial charge < -0.3 is 5.11 Å². The van der Waals surface area contributed by atoms with Crippen LogP contribution >= 0.6 is 11.6 Å². The van der Waals surface area contributed by atoms with Crippen LogP contribution in [0.1, 0.15) is 0 Å². The molecule has 10 heteroatoms. The molecule has 0 heterocycles. The van der Waals surface area contributed by atoms with Crippen molar-refractivity contribution in [1.29, 1.82) is 0 Å². The number of hydrogen-bond acceptors (Lipinski definition) is 3. The van der Waals surface area contributed by atoms with Gasteiger partial charge in [0.05, 0.1) is 0 Å². The van der Waals surface area contributed by atoms with Crippen molar-refractivity contribution < 1.29 is 32.0 Å². The van der Waals surface area contributed by atoms with Gasteiger partial charge in [0, 0.05) is 0 Å². The van der Waals surface area contributed by atoms with E-state index in [1.807, 2.05) is 0 Å². The second kappa shape index (κ2) is 2.91. The molecule has 0 spiro atoms. The normalized spacial score (nSPS) is 18.1. The van der Waals surface area contributed by atoms with Crippen molar-refractivity contribution in [3.63, 3.8) is 0 Å². The Balaban J connectivity index is 5.16. The molecule has 0 bridgehead atoms. The van der Waals surface area contributed by atoms with Crippen molar-refractivity contribution in [2.45, 2.75) is 17.3 Å². The summed E-state index contributed by atoms with van der Waals surface area (Å²) in [7, 11) is 0. The molecule has 0 aromatic rings. The van der Waals surface area contributed by atoms with Crippen LogP contribution in [0, 0.1) is 10.1 Å². The number of aliphatic hydroxyl groups is 1. The topological polar surface area (TPSA) is 63.4 Å². The van der Waals surface area contributed by atoms with Gasteiger partial charge in [-0.3, -0.25) is 10.1 Å². The molecule has 4 nitrogen and oxygen atoms in total. The molecule has 0 amide bonds. The zero-order valence-corrected chi connectivity index (χ0v) is 6.23. The second-order valence-electron chi connectivity index (χ2n) is 1.92. The maximum Gasteiger partial charge on any atom is 0.564 e. The predicted molar refractivity (Wildman–Crippen MR) is 28.8 cm³/mol. The van der Waals surface area contributed by atoms with Crippen LogP contribution in [0.3, 0.4) is 0 Å². The molecule has 0 saturated carbocycles. The molecular weight excluding hydrogens is 228 g/mol. The summed E-state index contributed by atoms with van der Waals surface area (Å²) < 4.78 is 58.6. The largest absolute Gasteiger partial charge is 0.564 e. The minimum atomic E-state index is -6.01. The third-order valence-corrected chi connectivity index (χ3v) is 1.45. The first-order valence-corrected chi connectivity index (χ1v) is 2.82. The maximum absolute atomic E-state index is 12.0. The van der Waals surface area contributed by atoms with Crippen LogP contribution in [-0.4, -0.2) is 27.3 Å². The first-order valence-electron chi connectivity index (χ1n) is 2.45. The van der Waals surface area contributed by atoms with Crippen LogP contribution in [0.2, 0.25) is 0 Å². The number of hydrogen-bond donors (Lipinski definition) is 1.